The van der Waals surface area contributed by atoms with Gasteiger partial charge in [0.05, 0.1) is 0 Å². The van der Waals surface area contributed by atoms with E-state index in [4.69, 9.17) is 0 Å². The zero-order valence-corrected chi connectivity index (χ0v) is 16.8. The largest absolute Gasteiger partial charge is 0.294 e. The molecule has 0 spiro atoms. The van der Waals surface area contributed by atoms with Crippen LogP contribution in [0.3, 0.4) is 0 Å². The molecule has 0 amide bonds. The summed E-state index contributed by atoms with van der Waals surface area (Å²) in [5, 5.41) is 11.5. The second-order valence-corrected chi connectivity index (χ2v) is 10.5. The number of Topliss-reactive ketones (excluding diaryl/α,β-unsaturated/α-hetero) is 2. The highest BCUT2D eigenvalue weighted by Crippen LogP contribution is 2.66. The lowest BCUT2D eigenvalue weighted by molar-refractivity contribution is -0.126. The maximum absolute atomic E-state index is 12.9. The summed E-state index contributed by atoms with van der Waals surface area (Å²) in [5.41, 5.74) is 0.585. The van der Waals surface area contributed by atoms with Gasteiger partial charge in [-0.2, -0.15) is 0 Å². The van der Waals surface area contributed by atoms with Crippen molar-refractivity contribution in [2.45, 2.75) is 67.2 Å². The molecule has 1 N–H and O–H groups in total. The first-order valence-electron chi connectivity index (χ1n) is 9.88. The number of hydrogen-bond acceptors (Lipinski definition) is 4. The maximum Gasteiger partial charge on any atom is 0.167 e. The topological polar surface area (TPSA) is 57.6 Å². The Balaban J connectivity index is 1.66. The second-order valence-electron chi connectivity index (χ2n) is 10.5. The van der Waals surface area contributed by atoms with E-state index in [-0.39, 0.29) is 45.1 Å². The van der Waals surface area contributed by atoms with E-state index in [0.29, 0.717) is 11.1 Å². The van der Waals surface area contributed by atoms with Gasteiger partial charge in [0.2, 0.25) is 0 Å². The van der Waals surface area contributed by atoms with Crippen molar-refractivity contribution in [2.75, 3.05) is 0 Å². The van der Waals surface area contributed by atoms with Crippen LogP contribution in [0.25, 0.3) is 0 Å². The minimum atomic E-state index is -0.338. The lowest BCUT2D eigenvalue weighted by Crippen LogP contribution is -2.32. The molecule has 26 heavy (non-hydrogen) atoms. The van der Waals surface area contributed by atoms with Crippen LogP contribution in [-0.2, 0) is 9.59 Å². The normalized spacial score (nSPS) is 45.3. The smallest absolute Gasteiger partial charge is 0.167 e. The van der Waals surface area contributed by atoms with Crippen LogP contribution in [0, 0.1) is 33.5 Å². The fourth-order valence-electron chi connectivity index (χ4n) is 6.48. The van der Waals surface area contributed by atoms with E-state index in [9.17, 15) is 14.8 Å². The molecule has 0 saturated heterocycles. The monoisotopic (exact) mass is 357 g/mol. The molecule has 4 rings (SSSR count). The second kappa shape index (κ2) is 4.89. The van der Waals surface area contributed by atoms with Gasteiger partial charge in [0.15, 0.2) is 11.6 Å². The van der Waals surface area contributed by atoms with Gasteiger partial charge < -0.3 is 0 Å². The van der Waals surface area contributed by atoms with Gasteiger partial charge in [-0.15, -0.1) is 0 Å². The Bertz CT molecular complexity index is 710. The lowest BCUT2D eigenvalue weighted by atomic mass is 9.70. The van der Waals surface area contributed by atoms with Crippen molar-refractivity contribution in [2.24, 2.45) is 33.5 Å². The van der Waals surface area contributed by atoms with Gasteiger partial charge in [0, 0.05) is 34.4 Å². The summed E-state index contributed by atoms with van der Waals surface area (Å²) >= 11 is 0. The third kappa shape index (κ3) is 1.79. The predicted molar refractivity (Wildman–Crippen MR) is 99.0 cm³/mol. The molecule has 4 bridgehead atoms. The van der Waals surface area contributed by atoms with E-state index in [0.717, 1.165) is 30.7 Å². The molecule has 4 unspecified atom stereocenters. The van der Waals surface area contributed by atoms with Crippen molar-refractivity contribution in [1.29, 1.82) is 0 Å². The van der Waals surface area contributed by atoms with Gasteiger partial charge in [-0.1, -0.05) is 41.5 Å². The van der Waals surface area contributed by atoms with Gasteiger partial charge in [-0.25, -0.2) is 5.06 Å². The molecule has 4 heteroatoms. The number of rotatable bonds is 2. The Kier molecular flexibility index (Phi) is 3.38. The molecular formula is C22H31NO3. The molecular weight excluding hydrogens is 326 g/mol. The summed E-state index contributed by atoms with van der Waals surface area (Å²) in [6.07, 6.45) is 6.94. The van der Waals surface area contributed by atoms with E-state index in [1.807, 2.05) is 0 Å². The molecule has 4 aliphatic carbocycles. The molecule has 4 nitrogen and oxygen atoms in total. The predicted octanol–water partition coefficient (Wildman–Crippen LogP) is 4.50. The minimum Gasteiger partial charge on any atom is -0.294 e. The quantitative estimate of drug-likeness (QED) is 0.584. The van der Waals surface area contributed by atoms with Gasteiger partial charge in [0.1, 0.15) is 0 Å². The van der Waals surface area contributed by atoms with Gasteiger partial charge in [0.25, 0.3) is 0 Å². The summed E-state index contributed by atoms with van der Waals surface area (Å²) in [4.78, 5) is 25.9. The molecule has 0 radical (unpaired) electrons. The van der Waals surface area contributed by atoms with Crippen LogP contribution in [0.5, 0.6) is 0 Å². The molecule has 0 aliphatic heterocycles. The number of carbonyl (C=O) groups excluding carboxylic acids is 2. The van der Waals surface area contributed by atoms with Crippen molar-refractivity contribution in [3.05, 3.63) is 23.5 Å². The van der Waals surface area contributed by atoms with Crippen LogP contribution < -0.4 is 0 Å². The zero-order chi connectivity index (χ0) is 19.3. The molecule has 0 aromatic carbocycles. The van der Waals surface area contributed by atoms with Crippen molar-refractivity contribution in [3.8, 4) is 0 Å². The van der Waals surface area contributed by atoms with Gasteiger partial charge in [-0.3, -0.25) is 14.8 Å². The van der Waals surface area contributed by atoms with E-state index in [1.54, 1.807) is 12.4 Å². The van der Waals surface area contributed by atoms with E-state index in [2.05, 4.69) is 41.5 Å². The molecule has 4 atom stereocenters. The molecule has 142 valence electrons. The first-order valence-corrected chi connectivity index (χ1v) is 9.88. The summed E-state index contributed by atoms with van der Waals surface area (Å²) in [6.45, 7) is 12.7. The first-order chi connectivity index (χ1) is 11.9. The van der Waals surface area contributed by atoms with Gasteiger partial charge >= 0.3 is 0 Å². The fraction of sp³-hybridized carbons (Fsp3) is 0.727. The van der Waals surface area contributed by atoms with Crippen LogP contribution in [-0.4, -0.2) is 21.8 Å². The average molecular weight is 357 g/mol. The Morgan fingerprint density at radius 2 is 1.15 bits per heavy atom. The van der Waals surface area contributed by atoms with Crippen LogP contribution in [0.4, 0.5) is 0 Å². The molecule has 0 heterocycles. The number of hydrogen-bond donors (Lipinski definition) is 1. The number of fused-ring (bicyclic) bond motifs is 4. The van der Waals surface area contributed by atoms with E-state index < -0.39 is 0 Å². The van der Waals surface area contributed by atoms with Crippen molar-refractivity contribution < 1.29 is 14.8 Å². The summed E-state index contributed by atoms with van der Waals surface area (Å²) < 4.78 is 0. The summed E-state index contributed by atoms with van der Waals surface area (Å²) in [6, 6.07) is 0. The molecule has 0 aromatic rings. The highest BCUT2D eigenvalue weighted by molar-refractivity contribution is 6.05. The Morgan fingerprint density at radius 3 is 1.42 bits per heavy atom. The van der Waals surface area contributed by atoms with Crippen molar-refractivity contribution >= 4 is 11.6 Å². The van der Waals surface area contributed by atoms with Crippen LogP contribution >= 0.6 is 0 Å². The molecule has 4 saturated carbocycles. The third-order valence-corrected chi connectivity index (χ3v) is 9.27. The zero-order valence-electron chi connectivity index (χ0n) is 16.8. The summed E-state index contributed by atoms with van der Waals surface area (Å²) in [5.74, 6) is 0.668. The number of ketones is 2. The van der Waals surface area contributed by atoms with Gasteiger partial charge in [-0.05, 0) is 48.3 Å². The average Bonchev–Trinajstić information content (AvgIpc) is 3.02. The standard InChI is InChI=1S/C22H31NO3/c1-19(2)15-7-9-21(19,5)17(24)13(15)11-23(26)12-14-16-8-10-22(6,18(14)25)20(16,3)4/h11-12,15-16,26H,7-10H2,1-6H3/b13-11-,14-12-. The van der Waals surface area contributed by atoms with E-state index in [1.165, 1.54) is 0 Å². The molecule has 4 aliphatic rings. The highest BCUT2D eigenvalue weighted by atomic mass is 16.5. The minimum absolute atomic E-state index is 0.0817. The Hall–Kier alpha value is -1.42. The number of allylic oxidation sites excluding steroid dienone is 2. The number of hydroxylamine groups is 2. The first kappa shape index (κ1) is 18.0. The Morgan fingerprint density at radius 1 is 0.808 bits per heavy atom. The third-order valence-electron chi connectivity index (χ3n) is 9.27. The molecule has 4 fully saturated rings. The van der Waals surface area contributed by atoms with E-state index >= 15 is 0 Å². The molecule has 0 aromatic heterocycles. The van der Waals surface area contributed by atoms with Crippen LogP contribution in [0.2, 0.25) is 0 Å². The number of carbonyl (C=O) groups is 2. The lowest BCUT2D eigenvalue weighted by Gasteiger charge is -2.31. The number of nitrogens with zero attached hydrogens (tertiary/aromatic N) is 1. The van der Waals surface area contributed by atoms with Crippen molar-refractivity contribution in [1.82, 2.24) is 5.06 Å². The maximum atomic E-state index is 12.9. The Labute approximate surface area is 156 Å². The highest BCUT2D eigenvalue weighted by Gasteiger charge is 2.65. The van der Waals surface area contributed by atoms with Crippen LogP contribution in [0.15, 0.2) is 23.5 Å². The fourth-order valence-corrected chi connectivity index (χ4v) is 6.48. The summed E-state index contributed by atoms with van der Waals surface area (Å²) in [7, 11) is 0. The SMILES string of the molecule is CC12CCC(/C(=C/N(O)/C=C3\C(=O)C4(C)CCC3C4(C)C)C1=O)C2(C)C. The van der Waals surface area contributed by atoms with Crippen LogP contribution in [0.1, 0.15) is 67.2 Å². The van der Waals surface area contributed by atoms with Crippen molar-refractivity contribution in [3.63, 3.8) is 0 Å².